The maximum Gasteiger partial charge on any atom is 0.308 e. The van der Waals surface area contributed by atoms with Gasteiger partial charge in [-0.2, -0.15) is 0 Å². The Hall–Kier alpha value is -1.71. The normalized spacial score (nSPS) is 9.36. The Kier molecular flexibility index (Phi) is 3.34. The van der Waals surface area contributed by atoms with E-state index in [4.69, 9.17) is 14.2 Å². The fourth-order valence-electron chi connectivity index (χ4n) is 1.01. The Balaban J connectivity index is 2.98. The molecule has 0 spiro atoms. The molecular weight excluding hydrogens is 184 g/mol. The van der Waals surface area contributed by atoms with Crippen molar-refractivity contribution in [3.63, 3.8) is 0 Å². The summed E-state index contributed by atoms with van der Waals surface area (Å²) >= 11 is 0. The molecule has 14 heavy (non-hydrogen) atoms. The van der Waals surface area contributed by atoms with Crippen LogP contribution in [-0.2, 0) is 4.79 Å². The van der Waals surface area contributed by atoms with Crippen LogP contribution in [0.15, 0.2) is 18.2 Å². The molecule has 0 aliphatic carbocycles. The lowest BCUT2D eigenvalue weighted by Gasteiger charge is -2.08. The Bertz CT molecular complexity index is 333. The molecule has 0 N–H and O–H groups in total. The van der Waals surface area contributed by atoms with E-state index in [1.54, 1.807) is 25.3 Å². The van der Waals surface area contributed by atoms with Crippen LogP contribution in [0.25, 0.3) is 0 Å². The van der Waals surface area contributed by atoms with E-state index >= 15 is 0 Å². The third-order valence-electron chi connectivity index (χ3n) is 1.62. The first-order chi connectivity index (χ1) is 6.67. The standard InChI is InChI=1S/C10H12O4/c1-7(11)14-9-5-4-8(12-2)6-10(9)13-3/h4-6H,1-3H3. The highest BCUT2D eigenvalue weighted by Gasteiger charge is 2.07. The largest absolute Gasteiger partial charge is 0.497 e. The highest BCUT2D eigenvalue weighted by molar-refractivity contribution is 5.70. The molecule has 0 radical (unpaired) electrons. The fourth-order valence-corrected chi connectivity index (χ4v) is 1.01. The molecule has 76 valence electrons. The number of rotatable bonds is 3. The van der Waals surface area contributed by atoms with Gasteiger partial charge in [-0.1, -0.05) is 0 Å². The second-order valence-corrected chi connectivity index (χ2v) is 2.61. The maximum absolute atomic E-state index is 10.7. The summed E-state index contributed by atoms with van der Waals surface area (Å²) in [6, 6.07) is 4.97. The average Bonchev–Trinajstić information content (AvgIpc) is 2.17. The first-order valence-corrected chi connectivity index (χ1v) is 4.08. The lowest BCUT2D eigenvalue weighted by Crippen LogP contribution is -2.03. The van der Waals surface area contributed by atoms with Crippen LogP contribution >= 0.6 is 0 Å². The highest BCUT2D eigenvalue weighted by Crippen LogP contribution is 2.31. The molecule has 4 nitrogen and oxygen atoms in total. The summed E-state index contributed by atoms with van der Waals surface area (Å²) in [5.41, 5.74) is 0. The van der Waals surface area contributed by atoms with Gasteiger partial charge in [0, 0.05) is 13.0 Å². The predicted molar refractivity (Wildman–Crippen MR) is 50.9 cm³/mol. The molecule has 0 fully saturated rings. The van der Waals surface area contributed by atoms with Crippen LogP contribution in [0.2, 0.25) is 0 Å². The average molecular weight is 196 g/mol. The van der Waals surface area contributed by atoms with Crippen LogP contribution in [0, 0.1) is 0 Å². The van der Waals surface area contributed by atoms with Crippen molar-refractivity contribution in [1.29, 1.82) is 0 Å². The number of hydrogen-bond acceptors (Lipinski definition) is 4. The summed E-state index contributed by atoms with van der Waals surface area (Å²) < 4.78 is 14.9. The number of hydrogen-bond donors (Lipinski definition) is 0. The van der Waals surface area contributed by atoms with Gasteiger partial charge in [0.05, 0.1) is 14.2 Å². The molecule has 1 aromatic carbocycles. The molecule has 0 bridgehead atoms. The molecule has 0 atom stereocenters. The van der Waals surface area contributed by atoms with Gasteiger partial charge in [0.2, 0.25) is 0 Å². The second kappa shape index (κ2) is 4.50. The number of ether oxygens (including phenoxy) is 3. The zero-order valence-electron chi connectivity index (χ0n) is 8.37. The predicted octanol–water partition coefficient (Wildman–Crippen LogP) is 1.63. The molecule has 0 saturated carbocycles. The Labute approximate surface area is 82.4 Å². The number of methoxy groups -OCH3 is 2. The van der Waals surface area contributed by atoms with Gasteiger partial charge in [0.1, 0.15) is 5.75 Å². The van der Waals surface area contributed by atoms with Crippen molar-refractivity contribution in [3.05, 3.63) is 18.2 Å². The number of benzene rings is 1. The van der Waals surface area contributed by atoms with Gasteiger partial charge < -0.3 is 14.2 Å². The topological polar surface area (TPSA) is 44.8 Å². The van der Waals surface area contributed by atoms with Gasteiger partial charge in [-0.25, -0.2) is 0 Å². The molecule has 0 unspecified atom stereocenters. The lowest BCUT2D eigenvalue weighted by molar-refractivity contribution is -0.132. The number of carbonyl (C=O) groups is 1. The summed E-state index contributed by atoms with van der Waals surface area (Å²) in [5.74, 6) is 1.13. The summed E-state index contributed by atoms with van der Waals surface area (Å²) in [5, 5.41) is 0. The minimum absolute atomic E-state index is 0.381. The van der Waals surface area contributed by atoms with Crippen molar-refractivity contribution in [1.82, 2.24) is 0 Å². The molecule has 1 aromatic rings. The van der Waals surface area contributed by atoms with Crippen molar-refractivity contribution in [2.75, 3.05) is 14.2 Å². The second-order valence-electron chi connectivity index (χ2n) is 2.61. The van der Waals surface area contributed by atoms with Crippen LogP contribution in [0.1, 0.15) is 6.92 Å². The van der Waals surface area contributed by atoms with E-state index in [2.05, 4.69) is 0 Å². The molecule has 4 heteroatoms. The molecule has 0 aromatic heterocycles. The monoisotopic (exact) mass is 196 g/mol. The van der Waals surface area contributed by atoms with Gasteiger partial charge >= 0.3 is 5.97 Å². The summed E-state index contributed by atoms with van der Waals surface area (Å²) in [7, 11) is 3.06. The van der Waals surface area contributed by atoms with Crippen molar-refractivity contribution >= 4 is 5.97 Å². The Morgan fingerprint density at radius 2 is 1.86 bits per heavy atom. The zero-order chi connectivity index (χ0) is 10.6. The van der Waals surface area contributed by atoms with E-state index < -0.39 is 0 Å². The van der Waals surface area contributed by atoms with E-state index in [1.165, 1.54) is 14.0 Å². The summed E-state index contributed by atoms with van der Waals surface area (Å²) in [4.78, 5) is 10.7. The number of carbonyl (C=O) groups excluding carboxylic acids is 1. The molecule has 0 heterocycles. The minimum Gasteiger partial charge on any atom is -0.497 e. The summed E-state index contributed by atoms with van der Waals surface area (Å²) in [6.07, 6.45) is 0. The highest BCUT2D eigenvalue weighted by atomic mass is 16.6. The smallest absolute Gasteiger partial charge is 0.308 e. The quantitative estimate of drug-likeness (QED) is 0.544. The van der Waals surface area contributed by atoms with E-state index in [0.717, 1.165) is 0 Å². The maximum atomic E-state index is 10.7. The van der Waals surface area contributed by atoms with E-state index in [9.17, 15) is 4.79 Å². The molecule has 0 aliphatic heterocycles. The molecule has 1 rings (SSSR count). The van der Waals surface area contributed by atoms with E-state index in [1.807, 2.05) is 0 Å². The van der Waals surface area contributed by atoms with Gasteiger partial charge in [-0.05, 0) is 12.1 Å². The lowest BCUT2D eigenvalue weighted by atomic mass is 10.3. The third-order valence-corrected chi connectivity index (χ3v) is 1.62. The van der Waals surface area contributed by atoms with Gasteiger partial charge in [0.25, 0.3) is 0 Å². The number of esters is 1. The molecule has 0 saturated heterocycles. The van der Waals surface area contributed by atoms with Crippen LogP contribution in [0.4, 0.5) is 0 Å². The van der Waals surface area contributed by atoms with Crippen molar-refractivity contribution in [2.24, 2.45) is 0 Å². The van der Waals surface area contributed by atoms with Crippen molar-refractivity contribution in [2.45, 2.75) is 6.92 Å². The van der Waals surface area contributed by atoms with Gasteiger partial charge in [-0.15, -0.1) is 0 Å². The van der Waals surface area contributed by atoms with Gasteiger partial charge in [-0.3, -0.25) is 4.79 Å². The zero-order valence-corrected chi connectivity index (χ0v) is 8.37. The third kappa shape index (κ3) is 2.39. The van der Waals surface area contributed by atoms with E-state index in [0.29, 0.717) is 17.2 Å². The fraction of sp³-hybridized carbons (Fsp3) is 0.300. The first-order valence-electron chi connectivity index (χ1n) is 4.08. The van der Waals surface area contributed by atoms with E-state index in [-0.39, 0.29) is 5.97 Å². The molecule has 0 aliphatic rings. The van der Waals surface area contributed by atoms with Crippen LogP contribution < -0.4 is 14.2 Å². The Morgan fingerprint density at radius 1 is 1.14 bits per heavy atom. The Morgan fingerprint density at radius 3 is 2.36 bits per heavy atom. The van der Waals surface area contributed by atoms with Gasteiger partial charge in [0.15, 0.2) is 11.5 Å². The van der Waals surface area contributed by atoms with Crippen molar-refractivity contribution in [3.8, 4) is 17.2 Å². The van der Waals surface area contributed by atoms with Crippen LogP contribution in [0.3, 0.4) is 0 Å². The minimum atomic E-state index is -0.381. The molecule has 0 amide bonds. The van der Waals surface area contributed by atoms with Crippen LogP contribution in [0.5, 0.6) is 17.2 Å². The summed E-state index contributed by atoms with van der Waals surface area (Å²) in [6.45, 7) is 1.34. The first kappa shape index (κ1) is 10.4. The van der Waals surface area contributed by atoms with Crippen molar-refractivity contribution < 1.29 is 19.0 Å². The molecular formula is C10H12O4. The SMILES string of the molecule is COc1ccc(OC(C)=O)c(OC)c1. The van der Waals surface area contributed by atoms with Crippen LogP contribution in [-0.4, -0.2) is 20.2 Å².